The van der Waals surface area contributed by atoms with Crippen molar-refractivity contribution >= 4 is 29.3 Å². The van der Waals surface area contributed by atoms with Gasteiger partial charge in [0.25, 0.3) is 5.91 Å². The molecule has 2 saturated carbocycles. The molecular formula is C26H27ClFN3O2. The molecule has 33 heavy (non-hydrogen) atoms. The highest BCUT2D eigenvalue weighted by atomic mass is 35.5. The molecule has 5 nitrogen and oxygen atoms in total. The Balaban J connectivity index is 1.18. The Morgan fingerprint density at radius 3 is 2.61 bits per heavy atom. The van der Waals surface area contributed by atoms with Crippen molar-refractivity contribution in [3.05, 3.63) is 58.4 Å². The van der Waals surface area contributed by atoms with Crippen molar-refractivity contribution in [1.82, 2.24) is 9.80 Å². The summed E-state index contributed by atoms with van der Waals surface area (Å²) in [4.78, 5) is 34.4. The van der Waals surface area contributed by atoms with Gasteiger partial charge in [0.2, 0.25) is 5.91 Å². The van der Waals surface area contributed by atoms with E-state index in [1.807, 2.05) is 40.1 Å². The van der Waals surface area contributed by atoms with Crippen LogP contribution in [0.3, 0.4) is 0 Å². The first-order valence-corrected chi connectivity index (χ1v) is 12.3. The minimum absolute atomic E-state index is 0.0394. The number of benzene rings is 1. The number of allylic oxidation sites excluding steroid dienone is 4. The second-order valence-electron chi connectivity index (χ2n) is 10.1. The van der Waals surface area contributed by atoms with E-state index in [4.69, 9.17) is 16.6 Å². The summed E-state index contributed by atoms with van der Waals surface area (Å²) in [7, 11) is 0. The number of hydrogen-bond acceptors (Lipinski definition) is 3. The maximum absolute atomic E-state index is 13.6. The molecule has 1 aromatic rings. The SMILES string of the molecule is O=C(C1CC1)N1CC[C@@H](CN2C(=O)C3(CC3)N=C2c2ccc(C3C=CC(F)=C(Cl)C3)cc2)C1. The number of nitrogens with zero attached hydrogens (tertiary/aromatic N) is 3. The maximum Gasteiger partial charge on any atom is 0.256 e. The Labute approximate surface area is 198 Å². The third kappa shape index (κ3) is 3.82. The molecule has 2 aliphatic heterocycles. The minimum Gasteiger partial charge on any atom is -0.342 e. The van der Waals surface area contributed by atoms with E-state index in [1.54, 1.807) is 0 Å². The topological polar surface area (TPSA) is 53.0 Å². The number of halogens is 2. The van der Waals surface area contributed by atoms with Gasteiger partial charge in [-0.05, 0) is 56.1 Å². The van der Waals surface area contributed by atoms with Crippen molar-refractivity contribution in [2.24, 2.45) is 16.8 Å². The second kappa shape index (κ2) is 7.79. The predicted octanol–water partition coefficient (Wildman–Crippen LogP) is 4.53. The number of likely N-dealkylation sites (tertiary alicyclic amines) is 1. The van der Waals surface area contributed by atoms with Gasteiger partial charge in [0.05, 0.1) is 5.03 Å². The summed E-state index contributed by atoms with van der Waals surface area (Å²) in [6.07, 6.45) is 8.32. The molecular weight excluding hydrogens is 441 g/mol. The van der Waals surface area contributed by atoms with Crippen molar-refractivity contribution in [2.75, 3.05) is 19.6 Å². The lowest BCUT2D eigenvalue weighted by atomic mass is 9.91. The largest absolute Gasteiger partial charge is 0.342 e. The van der Waals surface area contributed by atoms with Crippen molar-refractivity contribution in [3.63, 3.8) is 0 Å². The summed E-state index contributed by atoms with van der Waals surface area (Å²) >= 11 is 6.02. The van der Waals surface area contributed by atoms with Crippen LogP contribution in [0, 0.1) is 11.8 Å². The molecule has 3 aliphatic carbocycles. The smallest absolute Gasteiger partial charge is 0.256 e. The van der Waals surface area contributed by atoms with Gasteiger partial charge in [0.1, 0.15) is 17.2 Å². The number of rotatable bonds is 5. The maximum atomic E-state index is 13.6. The number of carbonyl (C=O) groups is 2. The lowest BCUT2D eigenvalue weighted by molar-refractivity contribution is -0.131. The van der Waals surface area contributed by atoms with Crippen molar-refractivity contribution in [1.29, 1.82) is 0 Å². The highest BCUT2D eigenvalue weighted by Crippen LogP contribution is 2.46. The average molecular weight is 468 g/mol. The van der Waals surface area contributed by atoms with Crippen LogP contribution in [0.25, 0.3) is 0 Å². The Morgan fingerprint density at radius 2 is 1.94 bits per heavy atom. The van der Waals surface area contributed by atoms with E-state index in [0.717, 1.165) is 62.2 Å². The molecule has 2 heterocycles. The van der Waals surface area contributed by atoms with E-state index in [1.165, 1.54) is 6.08 Å². The number of carbonyl (C=O) groups excluding carboxylic acids is 2. The quantitative estimate of drug-likeness (QED) is 0.638. The van der Waals surface area contributed by atoms with Crippen LogP contribution >= 0.6 is 11.6 Å². The zero-order valence-corrected chi connectivity index (χ0v) is 19.2. The van der Waals surface area contributed by atoms with Gasteiger partial charge in [-0.3, -0.25) is 19.5 Å². The summed E-state index contributed by atoms with van der Waals surface area (Å²) in [5.74, 6) is 1.35. The fourth-order valence-electron chi connectivity index (χ4n) is 5.28. The van der Waals surface area contributed by atoms with Crippen LogP contribution in [0.4, 0.5) is 4.39 Å². The van der Waals surface area contributed by atoms with E-state index < -0.39 is 5.54 Å². The van der Waals surface area contributed by atoms with Gasteiger partial charge in [-0.2, -0.15) is 0 Å². The molecule has 7 heteroatoms. The van der Waals surface area contributed by atoms with Gasteiger partial charge in [-0.25, -0.2) is 4.39 Å². The predicted molar refractivity (Wildman–Crippen MR) is 125 cm³/mol. The van der Waals surface area contributed by atoms with E-state index in [9.17, 15) is 14.0 Å². The minimum atomic E-state index is -0.557. The Morgan fingerprint density at radius 1 is 1.18 bits per heavy atom. The fraction of sp³-hybridized carbons (Fsp3) is 0.500. The van der Waals surface area contributed by atoms with E-state index in [2.05, 4.69) is 0 Å². The Hall–Kier alpha value is -2.47. The Bertz CT molecular complexity index is 1100. The third-order valence-corrected chi connectivity index (χ3v) is 7.97. The molecule has 0 bridgehead atoms. The first kappa shape index (κ1) is 21.1. The monoisotopic (exact) mass is 467 g/mol. The van der Waals surface area contributed by atoms with Crippen LogP contribution < -0.4 is 0 Å². The molecule has 0 N–H and O–H groups in total. The molecule has 0 radical (unpaired) electrons. The highest BCUT2D eigenvalue weighted by molar-refractivity contribution is 6.30. The van der Waals surface area contributed by atoms with Crippen molar-refractivity contribution in [3.8, 4) is 0 Å². The average Bonchev–Trinajstić information content (AvgIpc) is 3.74. The normalized spacial score (nSPS) is 28.2. The first-order chi connectivity index (χ1) is 15.9. The fourth-order valence-corrected chi connectivity index (χ4v) is 5.51. The van der Waals surface area contributed by atoms with Crippen LogP contribution in [-0.2, 0) is 9.59 Å². The standard InChI is InChI=1S/C26H27ClFN3O2/c27-21-13-20(7-8-22(21)28)17-1-3-18(4-2-17)23-29-26(10-11-26)25(33)31(23)15-16-9-12-30(14-16)24(32)19-5-6-19/h1-4,7-8,16,19-20H,5-6,9-15H2/t16-,20?/m1/s1. The molecule has 6 rings (SSSR count). The van der Waals surface area contributed by atoms with Crippen molar-refractivity contribution < 1.29 is 14.0 Å². The summed E-state index contributed by atoms with van der Waals surface area (Å²) in [5.41, 5.74) is 1.42. The number of hydrogen-bond donors (Lipinski definition) is 0. The van der Waals surface area contributed by atoms with Crippen LogP contribution in [0.2, 0.25) is 0 Å². The summed E-state index contributed by atoms with van der Waals surface area (Å²) in [6.45, 7) is 2.14. The number of aliphatic imine (C=N–C) groups is 1. The summed E-state index contributed by atoms with van der Waals surface area (Å²) < 4.78 is 13.6. The van der Waals surface area contributed by atoms with Crippen LogP contribution in [0.15, 0.2) is 52.3 Å². The molecule has 1 saturated heterocycles. The second-order valence-corrected chi connectivity index (χ2v) is 10.6. The van der Waals surface area contributed by atoms with Gasteiger partial charge in [0.15, 0.2) is 0 Å². The lowest BCUT2D eigenvalue weighted by Crippen LogP contribution is -2.40. The van der Waals surface area contributed by atoms with E-state index in [-0.39, 0.29) is 34.5 Å². The molecule has 2 atom stereocenters. The van der Waals surface area contributed by atoms with Gasteiger partial charge in [0, 0.05) is 37.0 Å². The molecule has 0 aromatic heterocycles. The van der Waals surface area contributed by atoms with Gasteiger partial charge in [-0.1, -0.05) is 41.9 Å². The molecule has 1 aromatic carbocycles. The molecule has 172 valence electrons. The molecule has 3 fully saturated rings. The van der Waals surface area contributed by atoms with Crippen molar-refractivity contribution in [2.45, 2.75) is 50.0 Å². The first-order valence-electron chi connectivity index (χ1n) is 12.0. The van der Waals surface area contributed by atoms with E-state index in [0.29, 0.717) is 18.9 Å². The molecule has 1 unspecified atom stereocenters. The van der Waals surface area contributed by atoms with Gasteiger partial charge < -0.3 is 4.90 Å². The molecule has 2 amide bonds. The highest BCUT2D eigenvalue weighted by Gasteiger charge is 2.57. The van der Waals surface area contributed by atoms with Crippen LogP contribution in [0.5, 0.6) is 0 Å². The number of amides is 2. The van der Waals surface area contributed by atoms with Crippen LogP contribution in [-0.4, -0.2) is 52.6 Å². The third-order valence-electron chi connectivity index (χ3n) is 7.64. The Kier molecular flexibility index (Phi) is 4.98. The van der Waals surface area contributed by atoms with Gasteiger partial charge in [-0.15, -0.1) is 0 Å². The zero-order valence-electron chi connectivity index (χ0n) is 18.5. The van der Waals surface area contributed by atoms with Crippen LogP contribution in [0.1, 0.15) is 55.6 Å². The van der Waals surface area contributed by atoms with Gasteiger partial charge >= 0.3 is 0 Å². The zero-order chi connectivity index (χ0) is 22.7. The summed E-state index contributed by atoms with van der Waals surface area (Å²) in [5, 5.41) is 0.255. The summed E-state index contributed by atoms with van der Waals surface area (Å²) in [6, 6.07) is 8.05. The molecule has 1 spiro atoms. The number of amidine groups is 1. The molecule has 5 aliphatic rings. The lowest BCUT2D eigenvalue weighted by Gasteiger charge is -2.24. The van der Waals surface area contributed by atoms with E-state index >= 15 is 0 Å².